The van der Waals surface area contributed by atoms with E-state index in [1.165, 1.54) is 0 Å². The third-order valence-corrected chi connectivity index (χ3v) is 9.77. The highest BCUT2D eigenvalue weighted by Crippen LogP contribution is 2.66. The topological polar surface area (TPSA) is 127 Å². The number of hydrogen-bond acceptors (Lipinski definition) is 6. The minimum absolute atomic E-state index is 0.224. The van der Waals surface area contributed by atoms with E-state index in [2.05, 4.69) is 5.92 Å². The van der Waals surface area contributed by atoms with E-state index in [1.54, 1.807) is 0 Å². The molecule has 0 heterocycles. The summed E-state index contributed by atoms with van der Waals surface area (Å²) >= 11 is 0. The lowest BCUT2D eigenvalue weighted by atomic mass is 9.49. The van der Waals surface area contributed by atoms with Crippen molar-refractivity contribution in [3.05, 3.63) is 0 Å². The van der Waals surface area contributed by atoms with Gasteiger partial charge in [0, 0.05) is 5.41 Å². The van der Waals surface area contributed by atoms with E-state index in [0.717, 1.165) is 38.5 Å². The van der Waals surface area contributed by atoms with Crippen LogP contribution in [0.15, 0.2) is 0 Å². The minimum atomic E-state index is -4.66. The number of hydrogen-bond donors (Lipinski definition) is 2. The van der Waals surface area contributed by atoms with Crippen LogP contribution in [0.5, 0.6) is 0 Å². The third kappa shape index (κ3) is 3.82. The van der Waals surface area contributed by atoms with E-state index in [1.807, 2.05) is 6.92 Å². The summed E-state index contributed by atoms with van der Waals surface area (Å²) in [5.41, 5.74) is -1.83. The van der Waals surface area contributed by atoms with E-state index >= 15 is 0 Å². The molecule has 0 amide bonds. The fourth-order valence-corrected chi connectivity index (χ4v) is 8.85. The molecule has 8 nitrogen and oxygen atoms in total. The molecule has 0 aromatic heterocycles. The molecule has 4 saturated carbocycles. The molecule has 4 aliphatic rings. The summed E-state index contributed by atoms with van der Waals surface area (Å²) in [5, 5.41) is 0. The predicted molar refractivity (Wildman–Crippen MR) is 108 cm³/mol. The lowest BCUT2D eigenvalue weighted by Gasteiger charge is -2.57. The highest BCUT2D eigenvalue weighted by Gasteiger charge is 2.65. The van der Waals surface area contributed by atoms with Gasteiger partial charge in [-0.3, -0.25) is 9.11 Å². The maximum absolute atomic E-state index is 11.5. The maximum Gasteiger partial charge on any atom is 0.398 e. The van der Waals surface area contributed by atoms with Gasteiger partial charge in [0.05, 0.1) is 6.10 Å². The summed E-state index contributed by atoms with van der Waals surface area (Å²) in [7, 11) is -9.10. The molecule has 0 saturated heterocycles. The van der Waals surface area contributed by atoms with Crippen LogP contribution in [0.2, 0.25) is 0 Å². The highest BCUT2D eigenvalue weighted by molar-refractivity contribution is 7.81. The molecule has 30 heavy (non-hydrogen) atoms. The van der Waals surface area contributed by atoms with E-state index in [-0.39, 0.29) is 5.92 Å². The van der Waals surface area contributed by atoms with Crippen LogP contribution >= 0.6 is 0 Å². The molecule has 0 bridgehead atoms. The quantitative estimate of drug-likeness (QED) is 0.482. The van der Waals surface area contributed by atoms with Crippen molar-refractivity contribution in [1.29, 1.82) is 0 Å². The Hall–Kier alpha value is -0.700. The van der Waals surface area contributed by atoms with Gasteiger partial charge in [0.25, 0.3) is 0 Å². The number of terminal acetylenes is 1. The van der Waals surface area contributed by atoms with Crippen LogP contribution in [0.3, 0.4) is 0 Å². The van der Waals surface area contributed by atoms with Gasteiger partial charge in [-0.25, -0.2) is 8.37 Å². The van der Waals surface area contributed by atoms with Crippen LogP contribution in [0.25, 0.3) is 0 Å². The van der Waals surface area contributed by atoms with Gasteiger partial charge in [-0.2, -0.15) is 16.8 Å². The molecule has 8 atom stereocenters. The summed E-state index contributed by atoms with van der Waals surface area (Å²) < 4.78 is 73.6. The maximum atomic E-state index is 11.5. The van der Waals surface area contributed by atoms with Crippen LogP contribution in [0.1, 0.15) is 64.7 Å². The summed E-state index contributed by atoms with van der Waals surface area (Å²) in [6, 6.07) is 0. The van der Waals surface area contributed by atoms with Gasteiger partial charge in [0.15, 0.2) is 5.60 Å². The molecule has 4 aliphatic carbocycles. The van der Waals surface area contributed by atoms with Crippen molar-refractivity contribution in [2.75, 3.05) is 0 Å². The van der Waals surface area contributed by atoms with Gasteiger partial charge in [-0.1, -0.05) is 12.8 Å². The molecule has 170 valence electrons. The average Bonchev–Trinajstić information content (AvgIpc) is 2.91. The monoisotopic (exact) mass is 462 g/mol. The van der Waals surface area contributed by atoms with Crippen LogP contribution in [0.4, 0.5) is 0 Å². The van der Waals surface area contributed by atoms with Gasteiger partial charge < -0.3 is 0 Å². The van der Waals surface area contributed by atoms with Crippen LogP contribution in [-0.2, 0) is 29.2 Å². The largest absolute Gasteiger partial charge is 0.398 e. The number of fused-ring (bicyclic) bond motifs is 5. The Balaban J connectivity index is 1.53. The van der Waals surface area contributed by atoms with Crippen molar-refractivity contribution in [2.45, 2.75) is 76.4 Å². The van der Waals surface area contributed by atoms with Gasteiger partial charge in [0.2, 0.25) is 0 Å². The Morgan fingerprint density at radius 3 is 2.23 bits per heavy atom. The van der Waals surface area contributed by atoms with Gasteiger partial charge in [0.1, 0.15) is 0 Å². The van der Waals surface area contributed by atoms with E-state index in [4.69, 9.17) is 19.3 Å². The summed E-state index contributed by atoms with van der Waals surface area (Å²) in [6.07, 6.45) is 12.1. The molecule has 0 spiro atoms. The Bertz CT molecular complexity index is 938. The zero-order chi connectivity index (χ0) is 21.9. The van der Waals surface area contributed by atoms with Crippen LogP contribution < -0.4 is 0 Å². The average molecular weight is 463 g/mol. The SMILES string of the molecule is C#C[C@]1(OS(=O)(=O)O)CC[C@H]2[C@@H]3CC[C@H]4C[C@@H](OS(=O)(=O)O)CC[C@@H]4[C@H]3CC[C@@]21C. The van der Waals surface area contributed by atoms with Crippen molar-refractivity contribution >= 4 is 20.8 Å². The Kier molecular flexibility index (Phi) is 5.57. The third-order valence-electron chi connectivity index (χ3n) is 8.76. The predicted octanol–water partition coefficient (Wildman–Crippen LogP) is 3.02. The zero-order valence-electron chi connectivity index (χ0n) is 17.1. The molecule has 0 aliphatic heterocycles. The van der Waals surface area contributed by atoms with Crippen molar-refractivity contribution in [2.24, 2.45) is 35.0 Å². The second kappa shape index (κ2) is 7.42. The fraction of sp³-hybridized carbons (Fsp3) is 0.900. The lowest BCUT2D eigenvalue weighted by molar-refractivity contribution is -0.102. The van der Waals surface area contributed by atoms with Crippen molar-refractivity contribution in [3.8, 4) is 12.3 Å². The lowest BCUT2D eigenvalue weighted by Crippen LogP contribution is -2.54. The molecule has 4 rings (SSSR count). The van der Waals surface area contributed by atoms with Crippen molar-refractivity contribution in [3.63, 3.8) is 0 Å². The first-order valence-electron chi connectivity index (χ1n) is 10.7. The Labute approximate surface area is 179 Å². The standard InChI is InChI=1S/C20H30O8S2/c1-3-20(28-30(24,25)26)11-9-18-17-6-4-13-12-14(27-29(21,22)23)5-7-15(13)16(17)8-10-19(18,20)2/h1,13-18H,4-12H2,2H3,(H,21,22,23)(H,24,25,26)/t13-,14-,15-,16+,17+,18-,19-,20-/m0/s1. The first-order chi connectivity index (χ1) is 13.9. The van der Waals surface area contributed by atoms with E-state index < -0.39 is 37.9 Å². The number of rotatable bonds is 4. The van der Waals surface area contributed by atoms with Crippen LogP contribution in [0, 0.1) is 47.3 Å². The molecule has 4 fully saturated rings. The van der Waals surface area contributed by atoms with Gasteiger partial charge >= 0.3 is 20.8 Å². The molecular weight excluding hydrogens is 432 g/mol. The second-order valence-electron chi connectivity index (χ2n) is 9.87. The Morgan fingerprint density at radius 1 is 0.900 bits per heavy atom. The molecule has 0 unspecified atom stereocenters. The van der Waals surface area contributed by atoms with Gasteiger partial charge in [-0.05, 0) is 87.4 Å². The van der Waals surface area contributed by atoms with Crippen molar-refractivity contribution in [1.82, 2.24) is 0 Å². The summed E-state index contributed by atoms with van der Waals surface area (Å²) in [6.45, 7) is 2.01. The summed E-state index contributed by atoms with van der Waals surface area (Å²) in [4.78, 5) is 0. The first-order valence-corrected chi connectivity index (χ1v) is 13.4. The normalized spacial score (nSPS) is 46.3. The molecular formula is C20H30O8S2. The minimum Gasteiger partial charge on any atom is -0.264 e. The molecule has 2 N–H and O–H groups in total. The second-order valence-corrected chi connectivity index (χ2v) is 11.9. The highest BCUT2D eigenvalue weighted by atomic mass is 32.3. The molecule has 0 radical (unpaired) electrons. The first kappa shape index (κ1) is 22.5. The smallest absolute Gasteiger partial charge is 0.264 e. The van der Waals surface area contributed by atoms with E-state index in [0.29, 0.717) is 42.9 Å². The summed E-state index contributed by atoms with van der Waals surface area (Å²) in [5.74, 6) is 4.54. The molecule has 0 aromatic carbocycles. The van der Waals surface area contributed by atoms with Crippen LogP contribution in [-0.4, -0.2) is 37.6 Å². The fourth-order valence-electron chi connectivity index (χ4n) is 7.65. The Morgan fingerprint density at radius 2 is 1.60 bits per heavy atom. The zero-order valence-corrected chi connectivity index (χ0v) is 18.7. The van der Waals surface area contributed by atoms with E-state index in [9.17, 15) is 21.4 Å². The molecule has 10 heteroatoms. The van der Waals surface area contributed by atoms with Crippen molar-refractivity contribution < 1.29 is 34.3 Å². The van der Waals surface area contributed by atoms with Gasteiger partial charge in [-0.15, -0.1) is 6.42 Å². The molecule has 0 aromatic rings.